The van der Waals surface area contributed by atoms with Crippen molar-refractivity contribution in [2.45, 2.75) is 26.1 Å². The van der Waals surface area contributed by atoms with Crippen molar-refractivity contribution >= 4 is 21.0 Å². The van der Waals surface area contributed by atoms with Gasteiger partial charge in [0, 0.05) is 24.5 Å². The van der Waals surface area contributed by atoms with Gasteiger partial charge in [-0.1, -0.05) is 22.4 Å². The van der Waals surface area contributed by atoms with E-state index < -0.39 is 10.0 Å². The molecule has 3 aromatic rings. The molecular weight excluding hydrogens is 318 g/mol. The van der Waals surface area contributed by atoms with Gasteiger partial charge in [0.25, 0.3) is 0 Å². The third-order valence-electron chi connectivity index (χ3n) is 3.81. The quantitative estimate of drug-likeness (QED) is 0.711. The zero-order valence-electron chi connectivity index (χ0n) is 13.1. The molecule has 2 aromatic heterocycles. The molecule has 0 amide bonds. The summed E-state index contributed by atoms with van der Waals surface area (Å²) >= 11 is 0. The number of aryl methyl sites for hydroxylation is 2. The van der Waals surface area contributed by atoms with Crippen molar-refractivity contribution in [3.63, 3.8) is 0 Å². The lowest BCUT2D eigenvalue weighted by atomic mass is 10.2. The predicted octanol–water partition coefficient (Wildman–Crippen LogP) is 2.39. The van der Waals surface area contributed by atoms with Crippen molar-refractivity contribution in [2.75, 3.05) is 7.05 Å². The average molecular weight is 335 g/mol. The summed E-state index contributed by atoms with van der Waals surface area (Å²) in [6.07, 6.45) is 0. The maximum atomic E-state index is 12.6. The van der Waals surface area contributed by atoms with E-state index in [9.17, 15) is 8.42 Å². The van der Waals surface area contributed by atoms with Crippen LogP contribution in [-0.4, -0.2) is 30.1 Å². The number of aromatic nitrogens is 2. The maximum absolute atomic E-state index is 12.6. The van der Waals surface area contributed by atoms with Gasteiger partial charge in [-0.2, -0.15) is 0 Å². The maximum Gasteiger partial charge on any atom is 0.220 e. The summed E-state index contributed by atoms with van der Waals surface area (Å²) in [7, 11) is -2.01. The topological polar surface area (TPSA) is 89.4 Å². The van der Waals surface area contributed by atoms with Crippen LogP contribution in [0.5, 0.6) is 0 Å². The van der Waals surface area contributed by atoms with E-state index in [-0.39, 0.29) is 12.3 Å². The first-order valence-corrected chi connectivity index (χ1v) is 8.68. The number of rotatable bonds is 5. The second-order valence-electron chi connectivity index (χ2n) is 5.44. The minimum absolute atomic E-state index is 0.208. The molecule has 0 saturated carbocycles. The van der Waals surface area contributed by atoms with Crippen molar-refractivity contribution in [3.05, 3.63) is 47.0 Å². The number of sulfonamides is 1. The monoisotopic (exact) mass is 335 g/mol. The van der Waals surface area contributed by atoms with E-state index in [1.54, 1.807) is 26.0 Å². The van der Waals surface area contributed by atoms with E-state index in [4.69, 9.17) is 9.05 Å². The van der Waals surface area contributed by atoms with Crippen LogP contribution in [0.4, 0.5) is 0 Å². The summed E-state index contributed by atoms with van der Waals surface area (Å²) in [5.74, 6) is 0.403. The molecule has 0 aliphatic heterocycles. The van der Waals surface area contributed by atoms with Gasteiger partial charge in [0.1, 0.15) is 17.2 Å². The van der Waals surface area contributed by atoms with Crippen LogP contribution in [0.2, 0.25) is 0 Å². The van der Waals surface area contributed by atoms with Gasteiger partial charge in [-0.3, -0.25) is 0 Å². The molecule has 0 fully saturated rings. The molecule has 7 nitrogen and oxygen atoms in total. The van der Waals surface area contributed by atoms with E-state index in [1.807, 2.05) is 12.1 Å². The summed E-state index contributed by atoms with van der Waals surface area (Å²) in [6, 6.07) is 7.19. The first-order valence-electron chi connectivity index (χ1n) is 7.07. The molecule has 0 unspecified atom stereocenters. The van der Waals surface area contributed by atoms with Gasteiger partial charge in [-0.05, 0) is 26.0 Å². The smallest absolute Gasteiger partial charge is 0.220 e. The summed E-state index contributed by atoms with van der Waals surface area (Å²) in [5, 5.41) is 8.44. The van der Waals surface area contributed by atoms with Gasteiger partial charge in [0.05, 0.1) is 5.69 Å². The van der Waals surface area contributed by atoms with Crippen LogP contribution >= 0.6 is 0 Å². The van der Waals surface area contributed by atoms with Crippen molar-refractivity contribution in [3.8, 4) is 0 Å². The van der Waals surface area contributed by atoms with Gasteiger partial charge in [0.2, 0.25) is 10.0 Å². The van der Waals surface area contributed by atoms with Crippen LogP contribution in [0.3, 0.4) is 0 Å². The molecular formula is C15H17N3O4S. The van der Waals surface area contributed by atoms with Gasteiger partial charge < -0.3 is 9.05 Å². The number of fused-ring (bicyclic) bond motifs is 1. The highest BCUT2D eigenvalue weighted by atomic mass is 32.2. The van der Waals surface area contributed by atoms with Crippen LogP contribution in [0.1, 0.15) is 22.7 Å². The lowest BCUT2D eigenvalue weighted by Gasteiger charge is -2.16. The fraction of sp³-hybridized carbons (Fsp3) is 0.333. The lowest BCUT2D eigenvalue weighted by molar-refractivity contribution is 0.390. The SMILES string of the molecule is Cc1noc(C)c1CN(C)S(=O)(=O)Cc1noc2ccccc12. The third-order valence-corrected chi connectivity index (χ3v) is 5.53. The van der Waals surface area contributed by atoms with Crippen molar-refractivity contribution in [1.29, 1.82) is 0 Å². The highest BCUT2D eigenvalue weighted by Crippen LogP contribution is 2.22. The first-order chi connectivity index (χ1) is 10.9. The fourth-order valence-electron chi connectivity index (χ4n) is 2.37. The summed E-state index contributed by atoms with van der Waals surface area (Å²) in [6.45, 7) is 3.76. The zero-order chi connectivity index (χ0) is 16.6. The number of benzene rings is 1. The van der Waals surface area contributed by atoms with Crippen LogP contribution in [-0.2, 0) is 22.3 Å². The van der Waals surface area contributed by atoms with E-state index in [2.05, 4.69) is 10.3 Å². The van der Waals surface area contributed by atoms with E-state index in [0.29, 0.717) is 28.1 Å². The molecule has 122 valence electrons. The van der Waals surface area contributed by atoms with Crippen molar-refractivity contribution in [2.24, 2.45) is 0 Å². The van der Waals surface area contributed by atoms with Crippen LogP contribution in [0.25, 0.3) is 11.0 Å². The van der Waals surface area contributed by atoms with Gasteiger partial charge >= 0.3 is 0 Å². The van der Waals surface area contributed by atoms with E-state index in [0.717, 1.165) is 5.56 Å². The Morgan fingerprint density at radius 1 is 1.13 bits per heavy atom. The lowest BCUT2D eigenvalue weighted by Crippen LogP contribution is -2.28. The summed E-state index contributed by atoms with van der Waals surface area (Å²) in [4.78, 5) is 0. The highest BCUT2D eigenvalue weighted by Gasteiger charge is 2.24. The standard InChI is InChI=1S/C15H17N3O4S/c1-10-13(11(2)21-16-10)8-18(3)23(19,20)9-14-12-6-4-5-7-15(12)22-17-14/h4-7H,8-9H2,1-3H3. The summed E-state index contributed by atoms with van der Waals surface area (Å²) < 4.78 is 36.7. The zero-order valence-corrected chi connectivity index (χ0v) is 13.9. The molecule has 0 spiro atoms. The molecule has 1 aromatic carbocycles. The number of para-hydroxylation sites is 1. The fourth-order valence-corrected chi connectivity index (χ4v) is 3.47. The van der Waals surface area contributed by atoms with Crippen LogP contribution in [0, 0.1) is 13.8 Å². The molecule has 0 aliphatic rings. The Morgan fingerprint density at radius 3 is 2.57 bits per heavy atom. The third kappa shape index (κ3) is 2.99. The van der Waals surface area contributed by atoms with E-state index in [1.165, 1.54) is 11.4 Å². The molecule has 0 bridgehead atoms. The average Bonchev–Trinajstić information content (AvgIpc) is 3.05. The minimum atomic E-state index is -3.54. The second kappa shape index (κ2) is 5.78. The molecule has 0 N–H and O–H groups in total. The van der Waals surface area contributed by atoms with Crippen molar-refractivity contribution in [1.82, 2.24) is 14.6 Å². The van der Waals surface area contributed by atoms with Gasteiger partial charge in [0.15, 0.2) is 5.58 Å². The Balaban J connectivity index is 1.84. The molecule has 0 saturated heterocycles. The number of hydrogen-bond donors (Lipinski definition) is 0. The predicted molar refractivity (Wildman–Crippen MR) is 84.1 cm³/mol. The van der Waals surface area contributed by atoms with Gasteiger partial charge in [-0.25, -0.2) is 12.7 Å². The number of hydrogen-bond acceptors (Lipinski definition) is 6. The molecule has 0 atom stereocenters. The van der Waals surface area contributed by atoms with Gasteiger partial charge in [-0.15, -0.1) is 0 Å². The Kier molecular flexibility index (Phi) is 3.95. The molecule has 2 heterocycles. The summed E-state index contributed by atoms with van der Waals surface area (Å²) in [5.41, 5.74) is 2.45. The number of nitrogens with zero attached hydrogens (tertiary/aromatic N) is 3. The Labute approximate surface area is 133 Å². The largest absolute Gasteiger partial charge is 0.361 e. The Bertz CT molecular complexity index is 923. The highest BCUT2D eigenvalue weighted by molar-refractivity contribution is 7.88. The Morgan fingerprint density at radius 2 is 1.87 bits per heavy atom. The minimum Gasteiger partial charge on any atom is -0.361 e. The molecule has 0 radical (unpaired) electrons. The molecule has 3 rings (SSSR count). The van der Waals surface area contributed by atoms with E-state index >= 15 is 0 Å². The van der Waals surface area contributed by atoms with Crippen LogP contribution in [0.15, 0.2) is 33.3 Å². The first kappa shape index (κ1) is 15.7. The second-order valence-corrected chi connectivity index (χ2v) is 7.52. The molecule has 8 heteroatoms. The Hall–Kier alpha value is -2.19. The molecule has 23 heavy (non-hydrogen) atoms. The van der Waals surface area contributed by atoms with Crippen molar-refractivity contribution < 1.29 is 17.5 Å². The normalized spacial score (nSPS) is 12.3. The molecule has 0 aliphatic carbocycles. The van der Waals surface area contributed by atoms with Crippen LogP contribution < -0.4 is 0 Å².